The molecule has 5 atom stereocenters. The summed E-state index contributed by atoms with van der Waals surface area (Å²) in [7, 11) is 0. The Kier molecular flexibility index (Phi) is 6.30. The maximum absolute atomic E-state index is 13.4. The Hall–Kier alpha value is -2.58. The molecule has 3 N–H and O–H groups in total. The van der Waals surface area contributed by atoms with E-state index in [1.54, 1.807) is 12.3 Å². The smallest absolute Gasteiger partial charge is 0.270 e. The number of carbonyl (C=O) groups is 1. The van der Waals surface area contributed by atoms with Crippen LogP contribution in [-0.2, 0) is 11.8 Å². The summed E-state index contributed by atoms with van der Waals surface area (Å²) in [6.07, 6.45) is 6.57. The van der Waals surface area contributed by atoms with Crippen molar-refractivity contribution in [2.24, 2.45) is 5.92 Å². The van der Waals surface area contributed by atoms with Gasteiger partial charge in [0.15, 0.2) is 11.5 Å². The first-order chi connectivity index (χ1) is 18.0. The second-order valence-electron chi connectivity index (χ2n) is 11.8. The molecular weight excluding hydrogens is 537 g/mol. The highest BCUT2D eigenvalue weighted by Crippen LogP contribution is 2.65. The Bertz CT molecular complexity index is 1470. The van der Waals surface area contributed by atoms with Gasteiger partial charge in [0, 0.05) is 29.7 Å². The van der Waals surface area contributed by atoms with Crippen LogP contribution in [0.4, 0.5) is 0 Å². The van der Waals surface area contributed by atoms with Crippen LogP contribution in [0.15, 0.2) is 48.7 Å². The van der Waals surface area contributed by atoms with Crippen LogP contribution < -0.4 is 10.1 Å². The number of phenolic OH excluding ortho intramolecular Hbond substituents is 1. The number of benzene rings is 2. The van der Waals surface area contributed by atoms with E-state index in [4.69, 9.17) is 4.74 Å². The van der Waals surface area contributed by atoms with E-state index in [1.807, 2.05) is 36.4 Å². The number of hydrogen-bond acceptors (Lipinski definition) is 6. The number of ether oxygens (including phenoxy) is 1. The molecule has 0 radical (unpaired) electrons. The van der Waals surface area contributed by atoms with Crippen molar-refractivity contribution in [2.75, 3.05) is 13.1 Å². The number of nitrogens with one attached hydrogen (secondary N) is 1. The average Bonchev–Trinajstić information content (AvgIpc) is 3.65. The van der Waals surface area contributed by atoms with Crippen molar-refractivity contribution >= 4 is 41.5 Å². The van der Waals surface area contributed by atoms with Crippen molar-refractivity contribution in [3.05, 3.63) is 65.5 Å². The predicted molar refractivity (Wildman–Crippen MR) is 152 cm³/mol. The van der Waals surface area contributed by atoms with Crippen molar-refractivity contribution in [2.45, 2.75) is 67.7 Å². The number of nitrogens with zero attached hydrogens (tertiary/aromatic N) is 2. The molecule has 9 heteroatoms. The zero-order valence-corrected chi connectivity index (χ0v) is 23.1. The summed E-state index contributed by atoms with van der Waals surface area (Å²) in [6, 6.07) is 13.1. The molecule has 2 aromatic carbocycles. The molecular formula is C30H33Cl2N3O4. The van der Waals surface area contributed by atoms with Crippen LogP contribution in [0.1, 0.15) is 53.7 Å². The van der Waals surface area contributed by atoms with Crippen LogP contribution in [0, 0.1) is 5.92 Å². The Labute approximate surface area is 239 Å². The summed E-state index contributed by atoms with van der Waals surface area (Å²) in [6.45, 7) is 1.94. The number of aromatic nitrogens is 1. The highest BCUT2D eigenvalue weighted by atomic mass is 35.5. The molecule has 1 spiro atoms. The predicted octanol–water partition coefficient (Wildman–Crippen LogP) is 4.15. The molecule has 1 aromatic heterocycles. The fraction of sp³-hybridized carbons (Fsp3) is 0.467. The Balaban J connectivity index is 0.00000138. The van der Waals surface area contributed by atoms with E-state index in [2.05, 4.69) is 15.2 Å². The van der Waals surface area contributed by atoms with Gasteiger partial charge in [0.25, 0.3) is 5.91 Å². The quantitative estimate of drug-likeness (QED) is 0.437. The maximum Gasteiger partial charge on any atom is 0.270 e. The third-order valence-corrected chi connectivity index (χ3v) is 9.94. The number of aliphatic hydroxyl groups is 1. The molecule has 1 amide bonds. The fourth-order valence-corrected chi connectivity index (χ4v) is 8.08. The lowest BCUT2D eigenvalue weighted by atomic mass is 9.48. The molecule has 0 unspecified atom stereocenters. The number of likely N-dealkylation sites (tertiary alicyclic amines) is 1. The van der Waals surface area contributed by atoms with Gasteiger partial charge in [-0.3, -0.25) is 14.7 Å². The van der Waals surface area contributed by atoms with Gasteiger partial charge >= 0.3 is 0 Å². The van der Waals surface area contributed by atoms with Crippen molar-refractivity contribution < 1.29 is 19.7 Å². The third-order valence-electron chi connectivity index (χ3n) is 9.94. The molecule has 7 nitrogen and oxygen atoms in total. The van der Waals surface area contributed by atoms with Gasteiger partial charge in [-0.15, -0.1) is 24.8 Å². The van der Waals surface area contributed by atoms with Crippen molar-refractivity contribution in [3.63, 3.8) is 0 Å². The topological polar surface area (TPSA) is 94.9 Å². The largest absolute Gasteiger partial charge is 0.504 e. The number of pyridine rings is 1. The highest BCUT2D eigenvalue weighted by Gasteiger charge is 2.73. The van der Waals surface area contributed by atoms with E-state index in [0.717, 1.165) is 53.7 Å². The fourth-order valence-electron chi connectivity index (χ4n) is 8.08. The van der Waals surface area contributed by atoms with Crippen LogP contribution >= 0.6 is 24.8 Å². The van der Waals surface area contributed by atoms with Gasteiger partial charge in [-0.05, 0) is 74.1 Å². The molecule has 2 bridgehead atoms. The molecule has 5 aliphatic rings. The number of rotatable bonds is 4. The number of halogens is 2. The van der Waals surface area contributed by atoms with Crippen LogP contribution in [0.25, 0.3) is 10.8 Å². The lowest BCUT2D eigenvalue weighted by Gasteiger charge is -2.64. The Morgan fingerprint density at radius 3 is 2.69 bits per heavy atom. The third kappa shape index (κ3) is 3.63. The number of amides is 1. The Morgan fingerprint density at radius 2 is 1.90 bits per heavy atom. The van der Waals surface area contributed by atoms with E-state index in [0.29, 0.717) is 24.3 Å². The summed E-state index contributed by atoms with van der Waals surface area (Å²) < 4.78 is 6.56. The minimum Gasteiger partial charge on any atom is -0.504 e. The van der Waals surface area contributed by atoms with Crippen molar-refractivity contribution in [3.8, 4) is 11.5 Å². The summed E-state index contributed by atoms with van der Waals surface area (Å²) in [5.74, 6) is 1.13. The first kappa shape index (κ1) is 26.6. The molecule has 3 aliphatic carbocycles. The minimum absolute atomic E-state index is 0. The lowest BCUT2D eigenvalue weighted by molar-refractivity contribution is -0.191. The molecule has 206 valence electrons. The zero-order valence-electron chi connectivity index (χ0n) is 21.5. The van der Waals surface area contributed by atoms with Crippen LogP contribution in [0.2, 0.25) is 0 Å². The van der Waals surface area contributed by atoms with Gasteiger partial charge < -0.3 is 20.3 Å². The maximum atomic E-state index is 13.4. The average molecular weight is 571 g/mol. The monoisotopic (exact) mass is 569 g/mol. The van der Waals surface area contributed by atoms with E-state index < -0.39 is 17.1 Å². The van der Waals surface area contributed by atoms with Crippen LogP contribution in [-0.4, -0.2) is 62.9 Å². The number of aromatic hydroxyl groups is 1. The standard InChI is InChI=1S/C30H31N3O4.2ClH/c34-23-8-7-19-14-24-30(36)10-9-21(32-28(35)22-13-18-3-1-2-4-20(18)15-31-22)27-29(30,25(19)26(23)37-27)11-12-33(24)16-17-5-6-17;;/h1-4,7-8,13,15,17,21,24,27,34,36H,5-6,9-12,14,16H2,(H,32,35);2*1H/t21-,24-,27+,29+,30-;;/m1../s1. The minimum atomic E-state index is -0.959. The van der Waals surface area contributed by atoms with Gasteiger partial charge in [0.1, 0.15) is 11.8 Å². The summed E-state index contributed by atoms with van der Waals surface area (Å²) >= 11 is 0. The number of carbonyl (C=O) groups excluding carboxylic acids is 1. The first-order valence-corrected chi connectivity index (χ1v) is 13.6. The van der Waals surface area contributed by atoms with Crippen molar-refractivity contribution in [1.82, 2.24) is 15.2 Å². The van der Waals surface area contributed by atoms with Crippen LogP contribution in [0.3, 0.4) is 0 Å². The number of hydrogen-bond donors (Lipinski definition) is 3. The van der Waals surface area contributed by atoms with E-state index >= 15 is 0 Å². The molecule has 2 aliphatic heterocycles. The van der Waals surface area contributed by atoms with Gasteiger partial charge in [-0.1, -0.05) is 30.3 Å². The normalized spacial score (nSPS) is 31.9. The molecule has 3 aromatic rings. The highest BCUT2D eigenvalue weighted by molar-refractivity contribution is 5.96. The summed E-state index contributed by atoms with van der Waals surface area (Å²) in [5.41, 5.74) is 0.904. The van der Waals surface area contributed by atoms with Gasteiger partial charge in [-0.25, -0.2) is 0 Å². The molecule has 8 rings (SSSR count). The van der Waals surface area contributed by atoms with E-state index in [9.17, 15) is 15.0 Å². The van der Waals surface area contributed by atoms with Gasteiger partial charge in [-0.2, -0.15) is 0 Å². The van der Waals surface area contributed by atoms with Crippen molar-refractivity contribution in [1.29, 1.82) is 0 Å². The molecule has 3 fully saturated rings. The molecule has 3 heterocycles. The summed E-state index contributed by atoms with van der Waals surface area (Å²) in [4.78, 5) is 20.4. The number of phenols is 1. The second kappa shape index (κ2) is 9.23. The first-order valence-electron chi connectivity index (χ1n) is 13.6. The number of fused-ring (bicyclic) bond motifs is 1. The molecule has 1 saturated heterocycles. The van der Waals surface area contributed by atoms with Crippen LogP contribution in [0.5, 0.6) is 11.5 Å². The molecule has 39 heavy (non-hydrogen) atoms. The van der Waals surface area contributed by atoms with Gasteiger partial charge in [0.2, 0.25) is 0 Å². The second-order valence-corrected chi connectivity index (χ2v) is 11.8. The lowest BCUT2D eigenvalue weighted by Crippen LogP contribution is -2.78. The van der Waals surface area contributed by atoms with Gasteiger partial charge in [0.05, 0.1) is 17.1 Å². The Morgan fingerprint density at radius 1 is 1.10 bits per heavy atom. The van der Waals surface area contributed by atoms with E-state index in [-0.39, 0.29) is 48.6 Å². The summed E-state index contributed by atoms with van der Waals surface area (Å²) in [5, 5.41) is 28.6. The molecule has 2 saturated carbocycles. The zero-order chi connectivity index (χ0) is 24.9. The number of piperidine rings is 1. The SMILES string of the molecule is Cl.Cl.O=C(N[C@@H]1CC[C@@]2(O)[C@H]3Cc4ccc(O)c5c4[C@@]2(CCN3CC2CC2)[C@H]1O5)c1cc2ccccc2cn1. The van der Waals surface area contributed by atoms with E-state index in [1.165, 1.54) is 12.8 Å².